The van der Waals surface area contributed by atoms with Crippen molar-refractivity contribution in [1.82, 2.24) is 4.98 Å². The number of rotatable bonds is 3. The Labute approximate surface area is 66.3 Å². The molecule has 11 heavy (non-hydrogen) atoms. The van der Waals surface area contributed by atoms with Gasteiger partial charge in [-0.3, -0.25) is 4.98 Å². The largest absolute Gasteiger partial charge is 0.303 e. The highest BCUT2D eigenvalue weighted by atomic mass is 16.1. The average Bonchev–Trinajstić information content (AvgIpc) is 2.09. The van der Waals surface area contributed by atoms with Gasteiger partial charge in [-0.1, -0.05) is 13.0 Å². The van der Waals surface area contributed by atoms with E-state index < -0.39 is 0 Å². The van der Waals surface area contributed by atoms with Gasteiger partial charge in [-0.2, -0.15) is 0 Å². The summed E-state index contributed by atoms with van der Waals surface area (Å²) in [5, 5.41) is 0. The van der Waals surface area contributed by atoms with E-state index in [2.05, 4.69) is 4.98 Å². The quantitative estimate of drug-likeness (QED) is 0.613. The molecule has 0 bridgehead atoms. The lowest BCUT2D eigenvalue weighted by Crippen LogP contribution is -2.00. The van der Waals surface area contributed by atoms with Gasteiger partial charge in [-0.05, 0) is 18.6 Å². The van der Waals surface area contributed by atoms with Crippen molar-refractivity contribution < 1.29 is 4.79 Å². The first-order valence-electron chi connectivity index (χ1n) is 3.74. The molecule has 0 fully saturated rings. The Balaban J connectivity index is 2.82. The van der Waals surface area contributed by atoms with Crippen molar-refractivity contribution in [2.75, 3.05) is 0 Å². The smallest absolute Gasteiger partial charge is 0.129 e. The van der Waals surface area contributed by atoms with Crippen LogP contribution in [0.25, 0.3) is 0 Å². The molecule has 0 aliphatic rings. The number of nitrogens with zero attached hydrogens (tertiary/aromatic N) is 1. The second-order valence-electron chi connectivity index (χ2n) is 2.41. The molecule has 2 heteroatoms. The fourth-order valence-electron chi connectivity index (χ4n) is 0.970. The summed E-state index contributed by atoms with van der Waals surface area (Å²) in [6.07, 6.45) is 3.48. The molecule has 0 saturated carbocycles. The lowest BCUT2D eigenvalue weighted by Gasteiger charge is -2.04. The van der Waals surface area contributed by atoms with Crippen LogP contribution in [0.15, 0.2) is 24.4 Å². The van der Waals surface area contributed by atoms with Crippen LogP contribution in [-0.2, 0) is 4.79 Å². The van der Waals surface area contributed by atoms with E-state index in [9.17, 15) is 4.79 Å². The van der Waals surface area contributed by atoms with Crippen molar-refractivity contribution in [2.45, 2.75) is 19.3 Å². The first-order valence-corrected chi connectivity index (χ1v) is 3.74. The van der Waals surface area contributed by atoms with Crippen LogP contribution in [0.2, 0.25) is 0 Å². The van der Waals surface area contributed by atoms with E-state index >= 15 is 0 Å². The molecule has 1 aromatic heterocycles. The summed E-state index contributed by atoms with van der Waals surface area (Å²) in [7, 11) is 0. The van der Waals surface area contributed by atoms with Crippen LogP contribution in [0.3, 0.4) is 0 Å². The molecule has 0 aliphatic heterocycles. The van der Waals surface area contributed by atoms with Gasteiger partial charge < -0.3 is 4.79 Å². The van der Waals surface area contributed by atoms with Gasteiger partial charge >= 0.3 is 0 Å². The van der Waals surface area contributed by atoms with Crippen LogP contribution < -0.4 is 0 Å². The van der Waals surface area contributed by atoms with Crippen molar-refractivity contribution in [3.63, 3.8) is 0 Å². The van der Waals surface area contributed by atoms with Gasteiger partial charge in [-0.25, -0.2) is 0 Å². The SMILES string of the molecule is CCC(C=O)c1ccccn1. The topological polar surface area (TPSA) is 30.0 Å². The lowest BCUT2D eigenvalue weighted by atomic mass is 10.0. The van der Waals surface area contributed by atoms with Gasteiger partial charge in [0.15, 0.2) is 0 Å². The van der Waals surface area contributed by atoms with Crippen LogP contribution >= 0.6 is 0 Å². The first kappa shape index (κ1) is 7.92. The molecule has 0 aliphatic carbocycles. The van der Waals surface area contributed by atoms with E-state index in [4.69, 9.17) is 0 Å². The highest BCUT2D eigenvalue weighted by molar-refractivity contribution is 5.60. The Bertz CT molecular complexity index is 220. The Morgan fingerprint density at radius 1 is 1.64 bits per heavy atom. The Kier molecular flexibility index (Phi) is 2.78. The third kappa shape index (κ3) is 1.87. The monoisotopic (exact) mass is 149 g/mol. The molecule has 0 spiro atoms. The maximum absolute atomic E-state index is 10.5. The molecule has 0 aromatic carbocycles. The second-order valence-corrected chi connectivity index (χ2v) is 2.41. The molecule has 1 atom stereocenters. The third-order valence-corrected chi connectivity index (χ3v) is 1.67. The fraction of sp³-hybridized carbons (Fsp3) is 0.333. The zero-order chi connectivity index (χ0) is 8.10. The molecular formula is C9H11NO. The predicted octanol–water partition coefficient (Wildman–Crippen LogP) is 1.77. The molecule has 2 nitrogen and oxygen atoms in total. The van der Waals surface area contributed by atoms with Gasteiger partial charge in [0.05, 0.1) is 11.6 Å². The number of hydrogen-bond donors (Lipinski definition) is 0. The second kappa shape index (κ2) is 3.86. The molecule has 0 amide bonds. The van der Waals surface area contributed by atoms with Crippen LogP contribution in [0.4, 0.5) is 0 Å². The van der Waals surface area contributed by atoms with E-state index in [0.29, 0.717) is 0 Å². The molecular weight excluding hydrogens is 138 g/mol. The standard InChI is InChI=1S/C9H11NO/c1-2-8(7-11)9-5-3-4-6-10-9/h3-8H,2H2,1H3. The highest BCUT2D eigenvalue weighted by Crippen LogP contribution is 2.12. The van der Waals surface area contributed by atoms with Crippen molar-refractivity contribution >= 4 is 6.29 Å². The maximum atomic E-state index is 10.5. The maximum Gasteiger partial charge on any atom is 0.129 e. The summed E-state index contributed by atoms with van der Waals surface area (Å²) < 4.78 is 0. The van der Waals surface area contributed by atoms with Crippen molar-refractivity contribution in [1.29, 1.82) is 0 Å². The minimum absolute atomic E-state index is 0.0313. The summed E-state index contributed by atoms with van der Waals surface area (Å²) in [6, 6.07) is 5.62. The highest BCUT2D eigenvalue weighted by Gasteiger charge is 2.06. The summed E-state index contributed by atoms with van der Waals surface area (Å²) >= 11 is 0. The molecule has 0 radical (unpaired) electrons. The fourth-order valence-corrected chi connectivity index (χ4v) is 0.970. The summed E-state index contributed by atoms with van der Waals surface area (Å²) in [4.78, 5) is 14.6. The molecule has 1 rings (SSSR count). The number of carbonyl (C=O) groups is 1. The van der Waals surface area contributed by atoms with Crippen LogP contribution in [-0.4, -0.2) is 11.3 Å². The summed E-state index contributed by atoms with van der Waals surface area (Å²) in [5.74, 6) is -0.0313. The first-order chi connectivity index (χ1) is 5.38. The molecule has 1 heterocycles. The van der Waals surface area contributed by atoms with E-state index in [-0.39, 0.29) is 5.92 Å². The zero-order valence-electron chi connectivity index (χ0n) is 6.53. The molecule has 1 aromatic rings. The van der Waals surface area contributed by atoms with Gasteiger partial charge in [0.2, 0.25) is 0 Å². The van der Waals surface area contributed by atoms with Crippen LogP contribution in [0.5, 0.6) is 0 Å². The molecule has 0 N–H and O–H groups in total. The van der Waals surface area contributed by atoms with E-state index in [1.165, 1.54) is 0 Å². The van der Waals surface area contributed by atoms with Gasteiger partial charge in [-0.15, -0.1) is 0 Å². The van der Waals surface area contributed by atoms with Crippen LogP contribution in [0, 0.1) is 0 Å². The average molecular weight is 149 g/mol. The van der Waals surface area contributed by atoms with E-state index in [1.54, 1.807) is 6.20 Å². The number of carbonyl (C=O) groups excluding carboxylic acids is 1. The third-order valence-electron chi connectivity index (χ3n) is 1.67. The van der Waals surface area contributed by atoms with Crippen molar-refractivity contribution in [2.24, 2.45) is 0 Å². The number of hydrogen-bond acceptors (Lipinski definition) is 2. The summed E-state index contributed by atoms with van der Waals surface area (Å²) in [6.45, 7) is 1.98. The van der Waals surface area contributed by atoms with Gasteiger partial charge in [0.1, 0.15) is 6.29 Å². The number of aldehydes is 1. The minimum Gasteiger partial charge on any atom is -0.303 e. The zero-order valence-corrected chi connectivity index (χ0v) is 6.53. The number of aromatic nitrogens is 1. The lowest BCUT2D eigenvalue weighted by molar-refractivity contribution is -0.109. The van der Waals surface area contributed by atoms with Gasteiger partial charge in [0, 0.05) is 6.20 Å². The molecule has 58 valence electrons. The predicted molar refractivity (Wildman–Crippen MR) is 43.3 cm³/mol. The molecule has 0 saturated heterocycles. The summed E-state index contributed by atoms with van der Waals surface area (Å²) in [5.41, 5.74) is 0.866. The Morgan fingerprint density at radius 3 is 2.91 bits per heavy atom. The minimum atomic E-state index is -0.0313. The van der Waals surface area contributed by atoms with E-state index in [0.717, 1.165) is 18.4 Å². The van der Waals surface area contributed by atoms with Crippen LogP contribution in [0.1, 0.15) is 25.0 Å². The molecule has 1 unspecified atom stereocenters. The Morgan fingerprint density at radius 2 is 2.45 bits per heavy atom. The van der Waals surface area contributed by atoms with E-state index in [1.807, 2.05) is 25.1 Å². The van der Waals surface area contributed by atoms with Gasteiger partial charge in [0.25, 0.3) is 0 Å². The number of pyridine rings is 1. The normalized spacial score (nSPS) is 12.5. The van der Waals surface area contributed by atoms with Crippen molar-refractivity contribution in [3.05, 3.63) is 30.1 Å². The Hall–Kier alpha value is -1.18. The van der Waals surface area contributed by atoms with Crippen molar-refractivity contribution in [3.8, 4) is 0 Å².